The van der Waals surface area contributed by atoms with Gasteiger partial charge >= 0.3 is 0 Å². The Morgan fingerprint density at radius 2 is 2.11 bits per heavy atom. The quantitative estimate of drug-likeness (QED) is 0.790. The van der Waals surface area contributed by atoms with Gasteiger partial charge in [-0.1, -0.05) is 20.8 Å². The van der Waals surface area contributed by atoms with Crippen molar-refractivity contribution < 1.29 is 9.53 Å². The topological polar surface area (TPSA) is 41.6 Å². The highest BCUT2D eigenvalue weighted by atomic mass is 16.5. The molecule has 1 aliphatic heterocycles. The zero-order valence-electron chi connectivity index (χ0n) is 12.7. The second-order valence-electron chi connectivity index (χ2n) is 6.35. The van der Waals surface area contributed by atoms with E-state index < -0.39 is 5.54 Å². The van der Waals surface area contributed by atoms with Crippen molar-refractivity contribution in [1.82, 2.24) is 10.2 Å². The normalized spacial score (nSPS) is 29.1. The van der Waals surface area contributed by atoms with Crippen molar-refractivity contribution in [1.29, 1.82) is 0 Å². The van der Waals surface area contributed by atoms with E-state index in [1.54, 1.807) is 7.11 Å². The van der Waals surface area contributed by atoms with Crippen LogP contribution in [0.25, 0.3) is 0 Å². The van der Waals surface area contributed by atoms with Crippen LogP contribution in [0.15, 0.2) is 0 Å². The number of carbonyl (C=O) groups is 1. The molecule has 0 aliphatic carbocycles. The van der Waals surface area contributed by atoms with Gasteiger partial charge in [0.05, 0.1) is 11.7 Å². The molecule has 1 N–H and O–H groups in total. The molecule has 0 bridgehead atoms. The second kappa shape index (κ2) is 5.57. The van der Waals surface area contributed by atoms with Crippen LogP contribution in [0, 0.1) is 5.41 Å². The maximum absolute atomic E-state index is 12.5. The van der Waals surface area contributed by atoms with E-state index in [0.717, 1.165) is 26.0 Å². The smallest absolute Gasteiger partial charge is 0.243 e. The highest BCUT2D eigenvalue weighted by Gasteiger charge is 2.46. The number of nitrogens with zero attached hydrogens (tertiary/aromatic N) is 1. The zero-order chi connectivity index (χ0) is 14.0. The number of nitrogens with one attached hydrogen (secondary N) is 1. The fourth-order valence-corrected chi connectivity index (χ4v) is 2.47. The summed E-state index contributed by atoms with van der Waals surface area (Å²) in [7, 11) is 1.72. The molecule has 1 rings (SSSR count). The van der Waals surface area contributed by atoms with Crippen molar-refractivity contribution in [2.24, 2.45) is 5.41 Å². The summed E-state index contributed by atoms with van der Waals surface area (Å²) in [6, 6.07) is 0. The number of carbonyl (C=O) groups excluding carboxylic acids is 1. The average Bonchev–Trinajstić information content (AvgIpc) is 2.51. The molecule has 4 heteroatoms. The molecule has 2 unspecified atom stereocenters. The van der Waals surface area contributed by atoms with Gasteiger partial charge in [-0.3, -0.25) is 10.1 Å². The first-order valence-corrected chi connectivity index (χ1v) is 6.83. The van der Waals surface area contributed by atoms with E-state index in [9.17, 15) is 4.79 Å². The monoisotopic (exact) mass is 256 g/mol. The number of hydrogen-bond donors (Lipinski definition) is 1. The first kappa shape index (κ1) is 15.4. The third-order valence-corrected chi connectivity index (χ3v) is 4.02. The molecular formula is C14H28N2O2. The van der Waals surface area contributed by atoms with Gasteiger partial charge in [-0.15, -0.1) is 0 Å². The Bertz CT molecular complexity index is 304. The summed E-state index contributed by atoms with van der Waals surface area (Å²) < 4.78 is 5.14. The van der Waals surface area contributed by atoms with Crippen LogP contribution < -0.4 is 5.32 Å². The Morgan fingerprint density at radius 1 is 1.50 bits per heavy atom. The van der Waals surface area contributed by atoms with Crippen LogP contribution in [-0.2, 0) is 9.53 Å². The van der Waals surface area contributed by atoms with Gasteiger partial charge in [-0.05, 0) is 32.1 Å². The van der Waals surface area contributed by atoms with Crippen LogP contribution >= 0.6 is 0 Å². The number of ether oxygens (including phenoxy) is 1. The molecule has 1 saturated heterocycles. The lowest BCUT2D eigenvalue weighted by Crippen LogP contribution is -2.44. The Balaban J connectivity index is 2.70. The first-order valence-electron chi connectivity index (χ1n) is 6.83. The van der Waals surface area contributed by atoms with Crippen molar-refractivity contribution in [3.63, 3.8) is 0 Å². The van der Waals surface area contributed by atoms with Crippen molar-refractivity contribution in [2.45, 2.75) is 59.2 Å². The second-order valence-corrected chi connectivity index (χ2v) is 6.35. The molecule has 0 aromatic rings. The predicted molar refractivity (Wildman–Crippen MR) is 73.3 cm³/mol. The molecule has 1 amide bonds. The molecule has 2 atom stereocenters. The number of hydrogen-bond acceptors (Lipinski definition) is 3. The van der Waals surface area contributed by atoms with E-state index in [4.69, 9.17) is 4.74 Å². The SMILES string of the molecule is CCC1(C)NC(C)N(CC(C)(C)CCOC)C1=O. The van der Waals surface area contributed by atoms with E-state index in [-0.39, 0.29) is 17.5 Å². The van der Waals surface area contributed by atoms with Crippen LogP contribution in [0.3, 0.4) is 0 Å². The van der Waals surface area contributed by atoms with Gasteiger partial charge in [0, 0.05) is 20.3 Å². The van der Waals surface area contributed by atoms with Crippen LogP contribution in [0.4, 0.5) is 0 Å². The molecular weight excluding hydrogens is 228 g/mol. The molecule has 18 heavy (non-hydrogen) atoms. The number of methoxy groups -OCH3 is 1. The average molecular weight is 256 g/mol. The molecule has 0 aromatic heterocycles. The third kappa shape index (κ3) is 3.23. The summed E-state index contributed by atoms with van der Waals surface area (Å²) in [6.07, 6.45) is 1.90. The summed E-state index contributed by atoms with van der Waals surface area (Å²) in [5.41, 5.74) is -0.308. The third-order valence-electron chi connectivity index (χ3n) is 4.02. The highest BCUT2D eigenvalue weighted by molar-refractivity contribution is 5.88. The van der Waals surface area contributed by atoms with Gasteiger partial charge in [0.2, 0.25) is 5.91 Å². The van der Waals surface area contributed by atoms with Crippen molar-refractivity contribution in [3.8, 4) is 0 Å². The van der Waals surface area contributed by atoms with Gasteiger partial charge < -0.3 is 9.64 Å². The molecule has 0 aromatic carbocycles. The van der Waals surface area contributed by atoms with Gasteiger partial charge in [0.25, 0.3) is 0 Å². The van der Waals surface area contributed by atoms with Crippen molar-refractivity contribution >= 4 is 5.91 Å². The molecule has 0 radical (unpaired) electrons. The Morgan fingerprint density at radius 3 is 2.56 bits per heavy atom. The lowest BCUT2D eigenvalue weighted by molar-refractivity contribution is -0.134. The van der Waals surface area contributed by atoms with Crippen LogP contribution in [-0.4, -0.2) is 42.8 Å². The van der Waals surface area contributed by atoms with E-state index in [1.807, 2.05) is 11.8 Å². The van der Waals surface area contributed by atoms with E-state index in [1.165, 1.54) is 0 Å². The first-order chi connectivity index (χ1) is 8.25. The van der Waals surface area contributed by atoms with Crippen LogP contribution in [0.1, 0.15) is 47.5 Å². The lowest BCUT2D eigenvalue weighted by atomic mass is 9.88. The van der Waals surface area contributed by atoms with E-state index >= 15 is 0 Å². The van der Waals surface area contributed by atoms with Crippen LogP contribution in [0.2, 0.25) is 0 Å². The molecule has 0 spiro atoms. The van der Waals surface area contributed by atoms with Gasteiger partial charge in [0.1, 0.15) is 0 Å². The number of rotatable bonds is 6. The minimum atomic E-state index is -0.392. The standard InChI is InChI=1S/C14H28N2O2/c1-7-14(5)12(17)16(11(2)15-14)10-13(3,4)8-9-18-6/h11,15H,7-10H2,1-6H3. The summed E-state index contributed by atoms with van der Waals surface area (Å²) in [5, 5.41) is 3.40. The molecule has 0 saturated carbocycles. The van der Waals surface area contributed by atoms with E-state index in [2.05, 4.69) is 33.0 Å². The maximum atomic E-state index is 12.5. The Kier molecular flexibility index (Phi) is 4.78. The predicted octanol–water partition coefficient (Wildman–Crippen LogP) is 2.00. The van der Waals surface area contributed by atoms with Crippen molar-refractivity contribution in [3.05, 3.63) is 0 Å². The summed E-state index contributed by atoms with van der Waals surface area (Å²) >= 11 is 0. The van der Waals surface area contributed by atoms with E-state index in [0.29, 0.717) is 0 Å². The Hall–Kier alpha value is -0.610. The highest BCUT2D eigenvalue weighted by Crippen LogP contribution is 2.29. The zero-order valence-corrected chi connectivity index (χ0v) is 12.7. The lowest BCUT2D eigenvalue weighted by Gasteiger charge is -2.32. The minimum absolute atomic E-state index is 0.0839. The van der Waals surface area contributed by atoms with Crippen LogP contribution in [0.5, 0.6) is 0 Å². The molecule has 1 heterocycles. The summed E-state index contributed by atoms with van der Waals surface area (Å²) in [6.45, 7) is 12.0. The molecule has 106 valence electrons. The fraction of sp³-hybridized carbons (Fsp3) is 0.929. The van der Waals surface area contributed by atoms with Gasteiger partial charge in [0.15, 0.2) is 0 Å². The maximum Gasteiger partial charge on any atom is 0.243 e. The van der Waals surface area contributed by atoms with Gasteiger partial charge in [-0.2, -0.15) is 0 Å². The number of amides is 1. The summed E-state index contributed by atoms with van der Waals surface area (Å²) in [5.74, 6) is 0.225. The molecule has 4 nitrogen and oxygen atoms in total. The largest absolute Gasteiger partial charge is 0.385 e. The fourth-order valence-electron chi connectivity index (χ4n) is 2.47. The van der Waals surface area contributed by atoms with Crippen molar-refractivity contribution in [2.75, 3.05) is 20.3 Å². The Labute approximate surface area is 111 Å². The van der Waals surface area contributed by atoms with Gasteiger partial charge in [-0.25, -0.2) is 0 Å². The minimum Gasteiger partial charge on any atom is -0.385 e. The molecule has 1 fully saturated rings. The molecule has 1 aliphatic rings. The summed E-state index contributed by atoms with van der Waals surface area (Å²) in [4.78, 5) is 14.4.